The lowest BCUT2D eigenvalue weighted by atomic mass is 10.0. The van der Waals surface area contributed by atoms with E-state index in [9.17, 15) is 14.4 Å². The van der Waals surface area contributed by atoms with Gasteiger partial charge in [-0.15, -0.1) is 0 Å². The summed E-state index contributed by atoms with van der Waals surface area (Å²) in [4.78, 5) is 53.9. The molecule has 2 aromatic heterocycles. The zero-order chi connectivity index (χ0) is 31.1. The van der Waals surface area contributed by atoms with Gasteiger partial charge in [0.05, 0.1) is 0 Å². The maximum Gasteiger partial charge on any atom is 0.347 e. The largest absolute Gasteiger partial charge is 0.347 e. The van der Waals surface area contributed by atoms with Crippen molar-refractivity contribution in [3.05, 3.63) is 112 Å². The van der Waals surface area contributed by atoms with E-state index in [4.69, 9.17) is 0 Å². The van der Waals surface area contributed by atoms with E-state index in [0.29, 0.717) is 31.9 Å². The van der Waals surface area contributed by atoms with Crippen LogP contribution < -0.4 is 10.6 Å². The van der Waals surface area contributed by atoms with Crippen LogP contribution in [0, 0.1) is 13.8 Å². The first-order chi connectivity index (χ1) is 21.3. The van der Waals surface area contributed by atoms with Gasteiger partial charge in [-0.1, -0.05) is 42.5 Å². The van der Waals surface area contributed by atoms with E-state index in [0.717, 1.165) is 47.6 Å². The van der Waals surface area contributed by atoms with Gasteiger partial charge in [0.1, 0.15) is 0 Å². The molecule has 0 bridgehead atoms. The molecule has 0 aliphatic carbocycles. The third-order valence-corrected chi connectivity index (χ3v) is 8.15. The van der Waals surface area contributed by atoms with Crippen molar-refractivity contribution in [1.82, 2.24) is 24.3 Å². The highest BCUT2D eigenvalue weighted by atomic mass is 16.2. The molecule has 0 N–H and O–H groups in total. The van der Waals surface area contributed by atoms with E-state index >= 15 is 0 Å². The summed E-state index contributed by atoms with van der Waals surface area (Å²) in [6.45, 7) is 9.16. The Morgan fingerprint density at radius 3 is 2.43 bits per heavy atom. The van der Waals surface area contributed by atoms with Crippen molar-refractivity contribution in [1.29, 1.82) is 0 Å². The van der Waals surface area contributed by atoms with Gasteiger partial charge < -0.3 is 9.80 Å². The molecule has 44 heavy (non-hydrogen) atoms. The smallest absolute Gasteiger partial charge is 0.337 e. The van der Waals surface area contributed by atoms with Crippen LogP contribution in [-0.4, -0.2) is 62.3 Å². The molecular weight excluding hydrogens is 552 g/mol. The average molecular weight is 593 g/mol. The molecule has 0 saturated carbocycles. The Kier molecular flexibility index (Phi) is 9.96. The molecule has 0 spiro atoms. The van der Waals surface area contributed by atoms with Gasteiger partial charge in [-0.2, -0.15) is 4.98 Å². The van der Waals surface area contributed by atoms with Crippen molar-refractivity contribution in [2.75, 3.05) is 31.1 Å². The minimum Gasteiger partial charge on any atom is -0.337 e. The molecule has 0 saturated heterocycles. The van der Waals surface area contributed by atoms with E-state index in [1.165, 1.54) is 5.56 Å². The topological polar surface area (TPSA) is 91.6 Å². The second-order valence-corrected chi connectivity index (χ2v) is 11.4. The molecule has 2 amide bonds. The Balaban J connectivity index is 1.48. The van der Waals surface area contributed by atoms with Crippen molar-refractivity contribution >= 4 is 17.5 Å². The van der Waals surface area contributed by atoms with E-state index in [1.54, 1.807) is 24.6 Å². The SMILES string of the molecule is CC(=O)N1CCCN(Cc2ccccc2)CCN(C(=O)CCn2c(C)cc(C)nc2=O)Cc2cc(-c3cccnc3)ccc21. The lowest BCUT2D eigenvalue weighted by Gasteiger charge is -2.28. The highest BCUT2D eigenvalue weighted by Crippen LogP contribution is 2.30. The number of hydrogen-bond donors (Lipinski definition) is 0. The summed E-state index contributed by atoms with van der Waals surface area (Å²) in [5, 5.41) is 0. The van der Waals surface area contributed by atoms with Crippen LogP contribution in [0.1, 0.15) is 42.3 Å². The van der Waals surface area contributed by atoms with Crippen LogP contribution in [0.4, 0.5) is 5.69 Å². The first kappa shape index (κ1) is 30.8. The number of benzene rings is 2. The lowest BCUT2D eigenvalue weighted by Crippen LogP contribution is -2.39. The number of carbonyl (C=O) groups is 2. The molecule has 0 fully saturated rings. The van der Waals surface area contributed by atoms with Gasteiger partial charge in [-0.25, -0.2) is 4.79 Å². The van der Waals surface area contributed by atoms with Gasteiger partial charge in [0.2, 0.25) is 11.8 Å². The van der Waals surface area contributed by atoms with Crippen LogP contribution in [0.15, 0.2) is 83.9 Å². The summed E-state index contributed by atoms with van der Waals surface area (Å²) < 4.78 is 1.56. The molecule has 9 heteroatoms. The van der Waals surface area contributed by atoms with Gasteiger partial charge in [-0.3, -0.25) is 24.0 Å². The van der Waals surface area contributed by atoms with Crippen LogP contribution in [0.2, 0.25) is 0 Å². The molecule has 0 unspecified atom stereocenters. The van der Waals surface area contributed by atoms with Gasteiger partial charge in [0.25, 0.3) is 0 Å². The number of pyridine rings is 1. The number of carbonyl (C=O) groups excluding carboxylic acids is 2. The summed E-state index contributed by atoms with van der Waals surface area (Å²) in [6.07, 6.45) is 4.52. The molecule has 1 aliphatic rings. The predicted octanol–water partition coefficient (Wildman–Crippen LogP) is 4.60. The Labute approximate surface area is 258 Å². The number of fused-ring (bicyclic) bond motifs is 1. The van der Waals surface area contributed by atoms with Gasteiger partial charge in [0.15, 0.2) is 0 Å². The minimum absolute atomic E-state index is 0.0335. The number of rotatable bonds is 6. The monoisotopic (exact) mass is 592 g/mol. The standard InChI is InChI=1S/C35H40N6O3/c1-26-21-27(2)40(35(44)37-26)18-14-34(43)39-20-19-38(24-29-9-5-4-6-10-29)16-8-17-41(28(3)42)33-13-12-30(22-32(33)25-39)31-11-7-15-36-23-31/h4-7,9-13,15,21-23H,8,14,16-20,24-25H2,1-3H3. The van der Waals surface area contributed by atoms with E-state index < -0.39 is 0 Å². The molecule has 0 atom stereocenters. The molecule has 1 aliphatic heterocycles. The highest BCUT2D eigenvalue weighted by molar-refractivity contribution is 5.93. The van der Waals surface area contributed by atoms with E-state index in [-0.39, 0.29) is 30.5 Å². The summed E-state index contributed by atoms with van der Waals surface area (Å²) in [6, 6.07) is 22.1. The summed E-state index contributed by atoms with van der Waals surface area (Å²) in [5.74, 6) is -0.0864. The fraction of sp³-hybridized carbons (Fsp3) is 0.343. The second-order valence-electron chi connectivity index (χ2n) is 11.4. The number of anilines is 1. The van der Waals surface area contributed by atoms with Gasteiger partial charge in [-0.05, 0) is 66.8 Å². The van der Waals surface area contributed by atoms with Crippen molar-refractivity contribution < 1.29 is 9.59 Å². The van der Waals surface area contributed by atoms with Crippen molar-refractivity contribution in [3.63, 3.8) is 0 Å². The van der Waals surface area contributed by atoms with Crippen molar-refractivity contribution in [2.45, 2.75) is 53.2 Å². The normalized spacial score (nSPS) is 14.5. The number of hydrogen-bond acceptors (Lipinski definition) is 6. The fourth-order valence-electron chi connectivity index (χ4n) is 5.87. The van der Waals surface area contributed by atoms with Gasteiger partial charge in [0, 0.05) is 88.6 Å². The minimum atomic E-state index is -0.342. The molecule has 5 rings (SSSR count). The maximum absolute atomic E-state index is 13.9. The summed E-state index contributed by atoms with van der Waals surface area (Å²) >= 11 is 0. The number of aromatic nitrogens is 3. The number of aryl methyl sites for hydroxylation is 2. The van der Waals surface area contributed by atoms with Crippen LogP contribution >= 0.6 is 0 Å². The average Bonchev–Trinajstić information content (AvgIpc) is 3.04. The number of amides is 2. The quantitative estimate of drug-likeness (QED) is 0.325. The summed E-state index contributed by atoms with van der Waals surface area (Å²) in [5.41, 5.74) is 5.96. The van der Waals surface area contributed by atoms with E-state index in [1.807, 2.05) is 71.5 Å². The predicted molar refractivity (Wildman–Crippen MR) is 172 cm³/mol. The molecule has 228 valence electrons. The molecule has 4 aromatic rings. The highest BCUT2D eigenvalue weighted by Gasteiger charge is 2.23. The third kappa shape index (κ3) is 7.65. The van der Waals surface area contributed by atoms with Crippen LogP contribution in [0.3, 0.4) is 0 Å². The molecular formula is C35H40N6O3. The molecule has 0 radical (unpaired) electrons. The van der Waals surface area contributed by atoms with Crippen LogP contribution in [-0.2, 0) is 29.2 Å². The second kappa shape index (κ2) is 14.2. The zero-order valence-corrected chi connectivity index (χ0v) is 25.8. The molecule has 3 heterocycles. The van der Waals surface area contributed by atoms with E-state index in [2.05, 4.69) is 33.1 Å². The van der Waals surface area contributed by atoms with Crippen molar-refractivity contribution in [3.8, 4) is 11.1 Å². The Morgan fingerprint density at radius 2 is 1.70 bits per heavy atom. The maximum atomic E-state index is 13.9. The van der Waals surface area contributed by atoms with Crippen molar-refractivity contribution in [2.24, 2.45) is 0 Å². The zero-order valence-electron chi connectivity index (χ0n) is 25.8. The lowest BCUT2D eigenvalue weighted by molar-refractivity contribution is -0.132. The number of nitrogens with zero attached hydrogens (tertiary/aromatic N) is 6. The third-order valence-electron chi connectivity index (χ3n) is 8.15. The fourth-order valence-corrected chi connectivity index (χ4v) is 5.87. The van der Waals surface area contributed by atoms with Crippen LogP contribution in [0.25, 0.3) is 11.1 Å². The van der Waals surface area contributed by atoms with Crippen LogP contribution in [0.5, 0.6) is 0 Å². The first-order valence-corrected chi connectivity index (χ1v) is 15.2. The van der Waals surface area contributed by atoms with Gasteiger partial charge >= 0.3 is 5.69 Å². The molecule has 9 nitrogen and oxygen atoms in total. The molecule has 2 aromatic carbocycles. The Hall–Kier alpha value is -4.63. The Bertz CT molecular complexity index is 1650. The Morgan fingerprint density at radius 1 is 0.886 bits per heavy atom. The first-order valence-electron chi connectivity index (χ1n) is 15.2. The summed E-state index contributed by atoms with van der Waals surface area (Å²) in [7, 11) is 0.